The van der Waals surface area contributed by atoms with Crippen LogP contribution in [-0.2, 0) is 4.74 Å². The van der Waals surface area contributed by atoms with E-state index in [2.05, 4.69) is 0 Å². The molecule has 0 saturated heterocycles. The summed E-state index contributed by atoms with van der Waals surface area (Å²) < 4.78 is 21.8. The number of nitrogen functional groups attached to an aromatic ring is 1. The Morgan fingerprint density at radius 2 is 1.64 bits per heavy atom. The van der Waals surface area contributed by atoms with Crippen LogP contribution >= 0.6 is 11.3 Å². The molecule has 4 rings (SSSR count). The smallest absolute Gasteiger partial charge is 0.350 e. The lowest BCUT2D eigenvalue weighted by atomic mass is 9.98. The van der Waals surface area contributed by atoms with Gasteiger partial charge in [0.15, 0.2) is 11.5 Å². The van der Waals surface area contributed by atoms with Gasteiger partial charge in [0, 0.05) is 10.9 Å². The highest BCUT2D eigenvalue weighted by Crippen LogP contribution is 2.46. The van der Waals surface area contributed by atoms with Crippen LogP contribution in [0.15, 0.2) is 48.5 Å². The van der Waals surface area contributed by atoms with E-state index in [1.54, 1.807) is 28.3 Å². The van der Waals surface area contributed by atoms with E-state index in [1.165, 1.54) is 11.3 Å². The van der Waals surface area contributed by atoms with Gasteiger partial charge in [-0.3, -0.25) is 0 Å². The number of rotatable bonds is 7. The molecule has 0 spiro atoms. The van der Waals surface area contributed by atoms with Crippen molar-refractivity contribution >= 4 is 33.2 Å². The molecule has 7 nitrogen and oxygen atoms in total. The van der Waals surface area contributed by atoms with E-state index < -0.39 is 5.97 Å². The molecule has 33 heavy (non-hydrogen) atoms. The van der Waals surface area contributed by atoms with Crippen molar-refractivity contribution in [3.8, 4) is 39.6 Å². The summed E-state index contributed by atoms with van der Waals surface area (Å²) >= 11 is 1.22. The minimum absolute atomic E-state index is 0.259. The van der Waals surface area contributed by atoms with Gasteiger partial charge >= 0.3 is 5.97 Å². The second-order valence-electron chi connectivity index (χ2n) is 7.08. The summed E-state index contributed by atoms with van der Waals surface area (Å²) in [6.45, 7) is 2.02. The van der Waals surface area contributed by atoms with E-state index in [0.29, 0.717) is 38.0 Å². The number of nitrogens with two attached hydrogens (primary N) is 1. The van der Waals surface area contributed by atoms with E-state index in [-0.39, 0.29) is 6.61 Å². The van der Waals surface area contributed by atoms with Crippen molar-refractivity contribution in [2.75, 3.05) is 33.7 Å². The van der Waals surface area contributed by atoms with E-state index in [4.69, 9.17) is 29.7 Å². The van der Waals surface area contributed by atoms with Gasteiger partial charge in [0.1, 0.15) is 9.71 Å². The monoisotopic (exact) mass is 464 g/mol. The Balaban J connectivity index is 2.05. The summed E-state index contributed by atoms with van der Waals surface area (Å²) in [6, 6.07) is 15.5. The minimum Gasteiger partial charge on any atom is -0.493 e. The Morgan fingerprint density at radius 1 is 0.970 bits per heavy atom. The van der Waals surface area contributed by atoms with Crippen LogP contribution in [0.1, 0.15) is 16.6 Å². The Morgan fingerprint density at radius 3 is 2.21 bits per heavy atom. The summed E-state index contributed by atoms with van der Waals surface area (Å²) in [7, 11) is 4.69. The summed E-state index contributed by atoms with van der Waals surface area (Å²) in [4.78, 5) is 18.3. The number of fused-ring (bicyclic) bond motifs is 1. The highest BCUT2D eigenvalue weighted by atomic mass is 32.1. The first-order valence-corrected chi connectivity index (χ1v) is 11.1. The van der Waals surface area contributed by atoms with Crippen molar-refractivity contribution in [2.45, 2.75) is 6.92 Å². The van der Waals surface area contributed by atoms with E-state index >= 15 is 0 Å². The molecule has 0 unspecified atom stereocenters. The first-order valence-electron chi connectivity index (χ1n) is 10.3. The van der Waals surface area contributed by atoms with Crippen molar-refractivity contribution in [1.29, 1.82) is 0 Å². The number of pyridine rings is 1. The number of esters is 1. The van der Waals surface area contributed by atoms with Crippen molar-refractivity contribution in [1.82, 2.24) is 4.98 Å². The molecule has 2 N–H and O–H groups in total. The van der Waals surface area contributed by atoms with Gasteiger partial charge in [0.25, 0.3) is 0 Å². The van der Waals surface area contributed by atoms with Crippen LogP contribution in [0.2, 0.25) is 0 Å². The Kier molecular flexibility index (Phi) is 6.37. The average molecular weight is 465 g/mol. The molecule has 8 heteroatoms. The number of thiophene rings is 1. The fourth-order valence-corrected chi connectivity index (χ4v) is 4.70. The van der Waals surface area contributed by atoms with Crippen LogP contribution in [0.25, 0.3) is 32.6 Å². The molecular weight excluding hydrogens is 440 g/mol. The maximum absolute atomic E-state index is 12.5. The number of hydrogen-bond donors (Lipinski definition) is 1. The van der Waals surface area contributed by atoms with Crippen LogP contribution in [-0.4, -0.2) is 38.9 Å². The van der Waals surface area contributed by atoms with Crippen molar-refractivity contribution in [2.24, 2.45) is 0 Å². The molecular formula is C25H24N2O5S. The minimum atomic E-state index is -0.463. The van der Waals surface area contributed by atoms with Gasteiger partial charge in [0.2, 0.25) is 5.75 Å². The van der Waals surface area contributed by atoms with Crippen LogP contribution in [0.4, 0.5) is 5.69 Å². The molecule has 170 valence electrons. The third-order valence-corrected chi connectivity index (χ3v) is 6.28. The molecule has 0 fully saturated rings. The zero-order chi connectivity index (χ0) is 23.5. The predicted octanol–water partition coefficient (Wildman–Crippen LogP) is 5.42. The van der Waals surface area contributed by atoms with Gasteiger partial charge in [-0.2, -0.15) is 0 Å². The molecule has 0 saturated carbocycles. The zero-order valence-corrected chi connectivity index (χ0v) is 19.6. The largest absolute Gasteiger partial charge is 0.493 e. The number of carbonyl (C=O) groups is 1. The quantitative estimate of drug-likeness (QED) is 0.365. The SMILES string of the molecule is CCOC(=O)c1sc2nc(-c3ccccc3)cc(-c3cc(OC)c(OC)c(OC)c3)c2c1N. The maximum atomic E-state index is 12.5. The molecule has 0 aliphatic heterocycles. The summed E-state index contributed by atoms with van der Waals surface area (Å²) in [5, 5.41) is 0.678. The molecule has 0 radical (unpaired) electrons. The number of hydrogen-bond acceptors (Lipinski definition) is 8. The number of nitrogens with zero attached hydrogens (tertiary/aromatic N) is 1. The topological polar surface area (TPSA) is 92.9 Å². The molecule has 0 atom stereocenters. The number of aromatic nitrogens is 1. The summed E-state index contributed by atoms with van der Waals surface area (Å²) in [6.07, 6.45) is 0. The molecule has 0 aliphatic rings. The molecule has 0 bridgehead atoms. The maximum Gasteiger partial charge on any atom is 0.350 e. The van der Waals surface area contributed by atoms with Crippen LogP contribution < -0.4 is 19.9 Å². The number of anilines is 1. The van der Waals surface area contributed by atoms with Crippen LogP contribution in [0.5, 0.6) is 17.2 Å². The molecule has 0 amide bonds. The van der Waals surface area contributed by atoms with Gasteiger partial charge in [-0.1, -0.05) is 30.3 Å². The Bertz CT molecular complexity index is 1290. The second kappa shape index (κ2) is 9.38. The molecule has 2 heterocycles. The lowest BCUT2D eigenvalue weighted by Crippen LogP contribution is -2.04. The molecule has 0 aliphatic carbocycles. The number of ether oxygens (including phenoxy) is 4. The Hall–Kier alpha value is -3.78. The van der Waals surface area contributed by atoms with E-state index in [9.17, 15) is 4.79 Å². The third kappa shape index (κ3) is 4.05. The lowest BCUT2D eigenvalue weighted by molar-refractivity contribution is 0.0533. The molecule has 4 aromatic rings. The van der Waals surface area contributed by atoms with Crippen molar-refractivity contribution < 1.29 is 23.7 Å². The number of methoxy groups -OCH3 is 3. The van der Waals surface area contributed by atoms with Gasteiger partial charge in [-0.25, -0.2) is 9.78 Å². The number of carbonyl (C=O) groups excluding carboxylic acids is 1. The normalized spacial score (nSPS) is 10.8. The van der Waals surface area contributed by atoms with Gasteiger partial charge in [-0.05, 0) is 36.2 Å². The Labute approximate surface area is 195 Å². The average Bonchev–Trinajstić information content (AvgIpc) is 3.19. The summed E-state index contributed by atoms with van der Waals surface area (Å²) in [5.74, 6) is 1.05. The van der Waals surface area contributed by atoms with Crippen molar-refractivity contribution in [3.05, 3.63) is 53.4 Å². The second-order valence-corrected chi connectivity index (χ2v) is 8.08. The van der Waals surface area contributed by atoms with Gasteiger partial charge < -0.3 is 24.7 Å². The highest BCUT2D eigenvalue weighted by Gasteiger charge is 2.24. The highest BCUT2D eigenvalue weighted by molar-refractivity contribution is 7.21. The van der Waals surface area contributed by atoms with Crippen LogP contribution in [0, 0.1) is 0 Å². The standard InChI is InChI=1S/C25H24N2O5S/c1-5-32-25(28)23-21(26)20-16(15-11-18(29-2)22(31-4)19(12-15)30-3)13-17(27-24(20)33-23)14-9-7-6-8-10-14/h6-13H,5,26H2,1-4H3. The lowest BCUT2D eigenvalue weighted by Gasteiger charge is -2.15. The van der Waals surface area contributed by atoms with Crippen LogP contribution in [0.3, 0.4) is 0 Å². The van der Waals surface area contributed by atoms with E-state index in [1.807, 2.05) is 48.5 Å². The first kappa shape index (κ1) is 22.4. The molecule has 2 aromatic heterocycles. The fourth-order valence-electron chi connectivity index (χ4n) is 3.69. The summed E-state index contributed by atoms with van der Waals surface area (Å²) in [5.41, 5.74) is 10.1. The third-order valence-electron chi connectivity index (χ3n) is 5.21. The van der Waals surface area contributed by atoms with Gasteiger partial charge in [-0.15, -0.1) is 11.3 Å². The first-order chi connectivity index (χ1) is 16.0. The van der Waals surface area contributed by atoms with Crippen molar-refractivity contribution in [3.63, 3.8) is 0 Å². The predicted molar refractivity (Wildman–Crippen MR) is 131 cm³/mol. The fraction of sp³-hybridized carbons (Fsp3) is 0.200. The van der Waals surface area contributed by atoms with E-state index in [0.717, 1.165) is 22.4 Å². The molecule has 2 aromatic carbocycles. The zero-order valence-electron chi connectivity index (χ0n) is 18.8. The van der Waals surface area contributed by atoms with Gasteiger partial charge in [0.05, 0.1) is 39.3 Å². The number of benzene rings is 2.